The third-order valence-electron chi connectivity index (χ3n) is 2.74. The topological polar surface area (TPSA) is 76.1 Å². The number of anilines is 2. The third kappa shape index (κ3) is 4.25. The Bertz CT molecular complexity index is 599. The van der Waals surface area contributed by atoms with E-state index in [1.165, 1.54) is 6.20 Å². The first-order valence-corrected chi connectivity index (χ1v) is 6.68. The van der Waals surface area contributed by atoms with Crippen molar-refractivity contribution in [3.05, 3.63) is 47.9 Å². The van der Waals surface area contributed by atoms with Crippen LogP contribution in [-0.4, -0.2) is 29.5 Å². The molecule has 0 saturated heterocycles. The SMILES string of the molecule is CCNc1cnc(C(=O)Nc2cccc(COC)c2)cn1. The number of hydrogen-bond acceptors (Lipinski definition) is 5. The van der Waals surface area contributed by atoms with Crippen molar-refractivity contribution in [1.82, 2.24) is 9.97 Å². The third-order valence-corrected chi connectivity index (χ3v) is 2.74. The second-order valence-corrected chi connectivity index (χ2v) is 4.40. The molecule has 0 spiro atoms. The second-order valence-electron chi connectivity index (χ2n) is 4.40. The summed E-state index contributed by atoms with van der Waals surface area (Å²) in [6, 6.07) is 7.48. The Balaban J connectivity index is 2.05. The number of methoxy groups -OCH3 is 1. The summed E-state index contributed by atoms with van der Waals surface area (Å²) >= 11 is 0. The minimum absolute atomic E-state index is 0.272. The van der Waals surface area contributed by atoms with E-state index in [2.05, 4.69) is 20.6 Å². The molecule has 6 heteroatoms. The molecular weight excluding hydrogens is 268 g/mol. The van der Waals surface area contributed by atoms with Gasteiger partial charge < -0.3 is 15.4 Å². The lowest BCUT2D eigenvalue weighted by molar-refractivity contribution is 0.102. The standard InChI is InChI=1S/C15H18N4O2/c1-3-16-14-9-17-13(8-18-14)15(20)19-12-6-4-5-11(7-12)10-21-2/h4-9H,3,10H2,1-2H3,(H,16,18)(H,19,20). The monoisotopic (exact) mass is 286 g/mol. The highest BCUT2D eigenvalue weighted by atomic mass is 16.5. The van der Waals surface area contributed by atoms with Crippen LogP contribution in [0.3, 0.4) is 0 Å². The van der Waals surface area contributed by atoms with E-state index < -0.39 is 0 Å². The molecule has 0 aliphatic rings. The predicted molar refractivity (Wildman–Crippen MR) is 81.3 cm³/mol. The van der Waals surface area contributed by atoms with Crippen LogP contribution in [0.15, 0.2) is 36.7 Å². The Kier molecular flexibility index (Phi) is 5.22. The number of nitrogens with one attached hydrogen (secondary N) is 2. The summed E-state index contributed by atoms with van der Waals surface area (Å²) < 4.78 is 5.07. The molecule has 0 aliphatic carbocycles. The average molecular weight is 286 g/mol. The van der Waals surface area contributed by atoms with Gasteiger partial charge in [0.05, 0.1) is 19.0 Å². The summed E-state index contributed by atoms with van der Waals surface area (Å²) in [5, 5.41) is 5.82. The molecule has 0 atom stereocenters. The molecule has 0 aliphatic heterocycles. The second kappa shape index (κ2) is 7.35. The maximum Gasteiger partial charge on any atom is 0.275 e. The van der Waals surface area contributed by atoms with Crippen LogP contribution < -0.4 is 10.6 Å². The number of rotatable bonds is 6. The summed E-state index contributed by atoms with van der Waals surface area (Å²) in [6.45, 7) is 3.22. The highest BCUT2D eigenvalue weighted by Crippen LogP contribution is 2.12. The van der Waals surface area contributed by atoms with Gasteiger partial charge >= 0.3 is 0 Å². The first-order chi connectivity index (χ1) is 10.2. The van der Waals surface area contributed by atoms with E-state index >= 15 is 0 Å². The van der Waals surface area contributed by atoms with Gasteiger partial charge in [-0.15, -0.1) is 0 Å². The summed E-state index contributed by atoms with van der Waals surface area (Å²) in [6.07, 6.45) is 2.99. The van der Waals surface area contributed by atoms with Gasteiger partial charge in [0.1, 0.15) is 11.5 Å². The normalized spacial score (nSPS) is 10.2. The minimum atomic E-state index is -0.292. The number of amides is 1. The van der Waals surface area contributed by atoms with Crippen LogP contribution >= 0.6 is 0 Å². The van der Waals surface area contributed by atoms with Gasteiger partial charge in [-0.1, -0.05) is 12.1 Å². The molecule has 0 saturated carbocycles. The van der Waals surface area contributed by atoms with Gasteiger partial charge in [0.25, 0.3) is 5.91 Å². The van der Waals surface area contributed by atoms with Crippen molar-refractivity contribution in [3.63, 3.8) is 0 Å². The Morgan fingerprint density at radius 1 is 1.29 bits per heavy atom. The molecule has 0 fully saturated rings. The summed E-state index contributed by atoms with van der Waals surface area (Å²) in [5.74, 6) is 0.358. The van der Waals surface area contributed by atoms with Crippen LogP contribution in [0.5, 0.6) is 0 Å². The molecule has 110 valence electrons. The zero-order chi connectivity index (χ0) is 15.1. The molecule has 2 N–H and O–H groups in total. The van der Waals surface area contributed by atoms with Gasteiger partial charge in [0.2, 0.25) is 0 Å². The van der Waals surface area contributed by atoms with Gasteiger partial charge in [0.15, 0.2) is 0 Å². The van der Waals surface area contributed by atoms with Gasteiger partial charge in [-0.05, 0) is 24.6 Å². The van der Waals surface area contributed by atoms with Crippen molar-refractivity contribution >= 4 is 17.4 Å². The van der Waals surface area contributed by atoms with Gasteiger partial charge in [-0.25, -0.2) is 9.97 Å². The van der Waals surface area contributed by atoms with Crippen molar-refractivity contribution in [1.29, 1.82) is 0 Å². The van der Waals surface area contributed by atoms with Crippen molar-refractivity contribution in [2.45, 2.75) is 13.5 Å². The summed E-state index contributed by atoms with van der Waals surface area (Å²) in [4.78, 5) is 20.3. The molecule has 0 radical (unpaired) electrons. The van der Waals surface area contributed by atoms with Gasteiger partial charge in [-0.3, -0.25) is 4.79 Å². The molecule has 2 aromatic rings. The molecular formula is C15H18N4O2. The quantitative estimate of drug-likeness (QED) is 0.852. The van der Waals surface area contributed by atoms with Crippen molar-refractivity contribution < 1.29 is 9.53 Å². The van der Waals surface area contributed by atoms with Crippen molar-refractivity contribution in [3.8, 4) is 0 Å². The Morgan fingerprint density at radius 2 is 2.14 bits per heavy atom. The zero-order valence-electron chi connectivity index (χ0n) is 12.1. The molecule has 1 aromatic carbocycles. The lowest BCUT2D eigenvalue weighted by Crippen LogP contribution is -2.14. The number of carbonyl (C=O) groups excluding carboxylic acids is 1. The fourth-order valence-electron chi connectivity index (χ4n) is 1.82. The Morgan fingerprint density at radius 3 is 2.81 bits per heavy atom. The molecule has 1 amide bonds. The number of ether oxygens (including phenoxy) is 1. The maximum atomic E-state index is 12.1. The van der Waals surface area contributed by atoms with E-state index in [4.69, 9.17) is 4.74 Å². The maximum absolute atomic E-state index is 12.1. The van der Waals surface area contributed by atoms with E-state index in [-0.39, 0.29) is 11.6 Å². The van der Waals surface area contributed by atoms with Crippen LogP contribution in [0.25, 0.3) is 0 Å². The number of carbonyl (C=O) groups is 1. The molecule has 21 heavy (non-hydrogen) atoms. The summed E-state index contributed by atoms with van der Waals surface area (Å²) in [5.41, 5.74) is 1.96. The average Bonchev–Trinajstić information content (AvgIpc) is 2.49. The molecule has 0 bridgehead atoms. The lowest BCUT2D eigenvalue weighted by Gasteiger charge is -2.07. The van der Waals surface area contributed by atoms with Crippen LogP contribution in [0.1, 0.15) is 23.0 Å². The Hall–Kier alpha value is -2.47. The molecule has 1 aromatic heterocycles. The largest absolute Gasteiger partial charge is 0.380 e. The molecule has 2 rings (SSSR count). The van der Waals surface area contributed by atoms with E-state index in [0.717, 1.165) is 12.1 Å². The zero-order valence-corrected chi connectivity index (χ0v) is 12.1. The fourth-order valence-corrected chi connectivity index (χ4v) is 1.82. The Labute approximate surface area is 123 Å². The predicted octanol–water partition coefficient (Wildman–Crippen LogP) is 2.31. The van der Waals surface area contributed by atoms with Gasteiger partial charge in [-0.2, -0.15) is 0 Å². The van der Waals surface area contributed by atoms with Crippen LogP contribution in [0, 0.1) is 0 Å². The number of aromatic nitrogens is 2. The van der Waals surface area contributed by atoms with Crippen molar-refractivity contribution in [2.24, 2.45) is 0 Å². The van der Waals surface area contributed by atoms with E-state index in [9.17, 15) is 4.79 Å². The first-order valence-electron chi connectivity index (χ1n) is 6.68. The van der Waals surface area contributed by atoms with E-state index in [0.29, 0.717) is 18.1 Å². The fraction of sp³-hybridized carbons (Fsp3) is 0.267. The number of hydrogen-bond donors (Lipinski definition) is 2. The van der Waals surface area contributed by atoms with Crippen LogP contribution in [0.2, 0.25) is 0 Å². The van der Waals surface area contributed by atoms with E-state index in [1.807, 2.05) is 31.2 Å². The lowest BCUT2D eigenvalue weighted by atomic mass is 10.2. The van der Waals surface area contributed by atoms with Gasteiger partial charge in [0, 0.05) is 19.3 Å². The molecule has 0 unspecified atom stereocenters. The highest BCUT2D eigenvalue weighted by molar-refractivity contribution is 6.02. The number of nitrogens with zero attached hydrogens (tertiary/aromatic N) is 2. The van der Waals surface area contributed by atoms with E-state index in [1.54, 1.807) is 13.3 Å². The molecule has 6 nitrogen and oxygen atoms in total. The number of benzene rings is 1. The minimum Gasteiger partial charge on any atom is -0.380 e. The summed E-state index contributed by atoms with van der Waals surface area (Å²) in [7, 11) is 1.63. The van der Waals surface area contributed by atoms with Crippen LogP contribution in [-0.2, 0) is 11.3 Å². The van der Waals surface area contributed by atoms with Crippen LogP contribution in [0.4, 0.5) is 11.5 Å². The smallest absolute Gasteiger partial charge is 0.275 e. The first kappa shape index (κ1) is 14.9. The van der Waals surface area contributed by atoms with Crippen molar-refractivity contribution in [2.75, 3.05) is 24.3 Å². The highest BCUT2D eigenvalue weighted by Gasteiger charge is 2.08. The molecule has 1 heterocycles.